The van der Waals surface area contributed by atoms with Gasteiger partial charge in [0.1, 0.15) is 11.8 Å². The first kappa shape index (κ1) is 16.1. The number of carbonyl (C=O) groups excluding carboxylic acids is 2. The van der Waals surface area contributed by atoms with Gasteiger partial charge in [-0.15, -0.1) is 11.3 Å². The van der Waals surface area contributed by atoms with Crippen molar-refractivity contribution < 1.29 is 9.59 Å². The first-order valence-corrected chi connectivity index (χ1v) is 8.34. The van der Waals surface area contributed by atoms with Crippen LogP contribution in [0.3, 0.4) is 0 Å². The molecule has 8 heteroatoms. The van der Waals surface area contributed by atoms with Crippen molar-refractivity contribution >= 4 is 34.6 Å². The summed E-state index contributed by atoms with van der Waals surface area (Å²) in [6, 6.07) is 8.56. The van der Waals surface area contributed by atoms with E-state index < -0.39 is 11.9 Å². The lowest BCUT2D eigenvalue weighted by atomic mass is 10.1. The Labute approximate surface area is 143 Å². The summed E-state index contributed by atoms with van der Waals surface area (Å²) in [6.45, 7) is 0.397. The topological polar surface area (TPSA) is 91.9 Å². The number of thiazole rings is 1. The number of hydrogen-bond donors (Lipinski definition) is 1. The van der Waals surface area contributed by atoms with Crippen LogP contribution >= 0.6 is 11.3 Å². The number of nitrogens with zero attached hydrogens (tertiary/aromatic N) is 4. The minimum Gasteiger partial charge on any atom is -0.368 e. The van der Waals surface area contributed by atoms with E-state index in [4.69, 9.17) is 5.73 Å². The van der Waals surface area contributed by atoms with E-state index in [2.05, 4.69) is 10.1 Å². The molecule has 2 N–H and O–H groups in total. The molecule has 2 heterocycles. The van der Waals surface area contributed by atoms with Crippen LogP contribution in [0.5, 0.6) is 0 Å². The van der Waals surface area contributed by atoms with Crippen LogP contribution in [0.15, 0.2) is 46.3 Å². The SMILES string of the molecule is CN(Cc1cscn1)C(=O)C1=NN(c2ccccc2)[C@@H](C(N)=O)C1. The van der Waals surface area contributed by atoms with Crippen LogP contribution in [-0.4, -0.2) is 40.5 Å². The van der Waals surface area contributed by atoms with Gasteiger partial charge < -0.3 is 10.6 Å². The molecule has 1 aromatic heterocycles. The smallest absolute Gasteiger partial charge is 0.270 e. The minimum absolute atomic E-state index is 0.199. The average Bonchev–Trinajstić information content (AvgIpc) is 3.24. The Morgan fingerprint density at radius 2 is 2.12 bits per heavy atom. The molecule has 0 saturated heterocycles. The molecule has 0 fully saturated rings. The zero-order valence-corrected chi connectivity index (χ0v) is 13.9. The maximum atomic E-state index is 12.6. The van der Waals surface area contributed by atoms with Crippen LogP contribution in [0.1, 0.15) is 12.1 Å². The van der Waals surface area contributed by atoms with E-state index in [1.165, 1.54) is 16.3 Å². The molecule has 0 spiro atoms. The van der Waals surface area contributed by atoms with E-state index in [0.29, 0.717) is 12.3 Å². The zero-order chi connectivity index (χ0) is 17.1. The third-order valence-electron chi connectivity index (χ3n) is 3.74. The molecule has 2 aromatic rings. The van der Waals surface area contributed by atoms with E-state index in [1.807, 2.05) is 35.7 Å². The molecule has 1 aliphatic heterocycles. The highest BCUT2D eigenvalue weighted by atomic mass is 32.1. The van der Waals surface area contributed by atoms with Crippen LogP contribution in [-0.2, 0) is 16.1 Å². The fourth-order valence-corrected chi connectivity index (χ4v) is 3.08. The van der Waals surface area contributed by atoms with Crippen LogP contribution in [0, 0.1) is 0 Å². The summed E-state index contributed by atoms with van der Waals surface area (Å²) in [5, 5.41) is 7.76. The maximum Gasteiger partial charge on any atom is 0.270 e. The first-order valence-electron chi connectivity index (χ1n) is 7.40. The predicted molar refractivity (Wildman–Crippen MR) is 92.5 cm³/mol. The Morgan fingerprint density at radius 1 is 1.38 bits per heavy atom. The monoisotopic (exact) mass is 343 g/mol. The number of primary amides is 1. The summed E-state index contributed by atoms with van der Waals surface area (Å²) in [5.41, 5.74) is 9.08. The summed E-state index contributed by atoms with van der Waals surface area (Å²) in [6.07, 6.45) is 0.199. The van der Waals surface area contributed by atoms with Crippen LogP contribution in [0.25, 0.3) is 0 Å². The van der Waals surface area contributed by atoms with Crippen LogP contribution in [0.2, 0.25) is 0 Å². The second-order valence-corrected chi connectivity index (χ2v) is 6.21. The highest BCUT2D eigenvalue weighted by Crippen LogP contribution is 2.25. The molecule has 7 nitrogen and oxygen atoms in total. The van der Waals surface area contributed by atoms with E-state index in [0.717, 1.165) is 11.4 Å². The van der Waals surface area contributed by atoms with Crippen molar-refractivity contribution in [2.45, 2.75) is 19.0 Å². The molecule has 0 saturated carbocycles. The summed E-state index contributed by atoms with van der Waals surface area (Å²) >= 11 is 1.48. The van der Waals surface area contributed by atoms with Gasteiger partial charge in [0.05, 0.1) is 23.4 Å². The number of benzene rings is 1. The van der Waals surface area contributed by atoms with Crippen LogP contribution in [0.4, 0.5) is 5.69 Å². The van der Waals surface area contributed by atoms with Gasteiger partial charge in [0, 0.05) is 18.8 Å². The van der Waals surface area contributed by atoms with Gasteiger partial charge in [-0.25, -0.2) is 4.98 Å². The Bertz CT molecular complexity index is 760. The molecule has 124 valence electrons. The molecule has 0 radical (unpaired) electrons. The molecule has 0 aliphatic carbocycles. The summed E-state index contributed by atoms with van der Waals surface area (Å²) in [7, 11) is 1.69. The Kier molecular flexibility index (Phi) is 4.57. The van der Waals surface area contributed by atoms with Gasteiger partial charge in [0.15, 0.2) is 0 Å². The molecular formula is C16H17N5O2S. The lowest BCUT2D eigenvalue weighted by molar-refractivity contribution is -0.123. The van der Waals surface area contributed by atoms with Crippen molar-refractivity contribution in [2.75, 3.05) is 12.1 Å². The third kappa shape index (κ3) is 3.28. The maximum absolute atomic E-state index is 12.6. The summed E-state index contributed by atoms with van der Waals surface area (Å²) < 4.78 is 0. The summed E-state index contributed by atoms with van der Waals surface area (Å²) in [5.74, 6) is -0.736. The Morgan fingerprint density at radius 3 is 2.75 bits per heavy atom. The predicted octanol–water partition coefficient (Wildman–Crippen LogP) is 1.22. The fourth-order valence-electron chi connectivity index (χ4n) is 2.53. The number of nitrogens with two attached hydrogens (primary N) is 1. The molecule has 1 atom stereocenters. The first-order chi connectivity index (χ1) is 11.6. The van der Waals surface area contributed by atoms with Crippen LogP contribution < -0.4 is 10.7 Å². The lowest BCUT2D eigenvalue weighted by Gasteiger charge is -2.20. The number of aromatic nitrogens is 1. The molecule has 1 aliphatic rings. The molecule has 2 amide bonds. The number of carbonyl (C=O) groups is 2. The zero-order valence-electron chi connectivity index (χ0n) is 13.1. The Hall–Kier alpha value is -2.74. The summed E-state index contributed by atoms with van der Waals surface area (Å²) in [4.78, 5) is 30.1. The number of hydrazone groups is 1. The van der Waals surface area contributed by atoms with Gasteiger partial charge in [0.25, 0.3) is 5.91 Å². The lowest BCUT2D eigenvalue weighted by Crippen LogP contribution is -2.40. The molecule has 0 bridgehead atoms. The second-order valence-electron chi connectivity index (χ2n) is 5.49. The largest absolute Gasteiger partial charge is 0.368 e. The number of anilines is 1. The van der Waals surface area contributed by atoms with Crippen molar-refractivity contribution in [3.05, 3.63) is 46.9 Å². The van der Waals surface area contributed by atoms with E-state index in [1.54, 1.807) is 17.5 Å². The normalized spacial score (nSPS) is 16.8. The molecule has 0 unspecified atom stereocenters. The van der Waals surface area contributed by atoms with Gasteiger partial charge in [-0.1, -0.05) is 18.2 Å². The van der Waals surface area contributed by atoms with Crippen molar-refractivity contribution in [3.63, 3.8) is 0 Å². The van der Waals surface area contributed by atoms with Crippen molar-refractivity contribution in [2.24, 2.45) is 10.8 Å². The van der Waals surface area contributed by atoms with Crippen molar-refractivity contribution in [1.29, 1.82) is 0 Å². The van der Waals surface area contributed by atoms with Gasteiger partial charge in [-0.05, 0) is 12.1 Å². The van der Waals surface area contributed by atoms with Gasteiger partial charge in [-0.2, -0.15) is 5.10 Å². The van der Waals surface area contributed by atoms with Gasteiger partial charge in [0.2, 0.25) is 5.91 Å². The van der Waals surface area contributed by atoms with Crippen molar-refractivity contribution in [3.8, 4) is 0 Å². The van der Waals surface area contributed by atoms with E-state index in [-0.39, 0.29) is 12.3 Å². The quantitative estimate of drug-likeness (QED) is 0.883. The average molecular weight is 343 g/mol. The Balaban J connectivity index is 1.80. The standard InChI is InChI=1S/C16H17N5O2S/c1-20(8-11-9-24-10-18-11)16(23)13-7-14(15(17)22)21(19-13)12-5-3-2-4-6-12/h2-6,9-10,14H,7-8H2,1H3,(H2,17,22)/t14-/m1/s1. The molecule has 24 heavy (non-hydrogen) atoms. The number of rotatable bonds is 5. The molecule has 1 aromatic carbocycles. The van der Waals surface area contributed by atoms with Gasteiger partial charge in [-0.3, -0.25) is 14.6 Å². The van der Waals surface area contributed by atoms with E-state index in [9.17, 15) is 9.59 Å². The molecule has 3 rings (SSSR count). The number of amides is 2. The fraction of sp³-hybridized carbons (Fsp3) is 0.250. The third-order valence-corrected chi connectivity index (χ3v) is 4.37. The molecular weight excluding hydrogens is 326 g/mol. The minimum atomic E-state index is -0.654. The highest BCUT2D eigenvalue weighted by Gasteiger charge is 2.35. The van der Waals surface area contributed by atoms with Gasteiger partial charge >= 0.3 is 0 Å². The van der Waals surface area contributed by atoms with E-state index >= 15 is 0 Å². The highest BCUT2D eigenvalue weighted by molar-refractivity contribution is 7.07. The van der Waals surface area contributed by atoms with Crippen molar-refractivity contribution in [1.82, 2.24) is 9.88 Å². The number of hydrogen-bond acceptors (Lipinski definition) is 6. The number of para-hydroxylation sites is 1. The second kappa shape index (κ2) is 6.79.